The molecular weight excluding hydrogens is 314 g/mol. The number of nitrogens with zero attached hydrogens (tertiary/aromatic N) is 2. The summed E-state index contributed by atoms with van der Waals surface area (Å²) in [6.07, 6.45) is 3.52. The first kappa shape index (κ1) is 17.0. The van der Waals surface area contributed by atoms with Gasteiger partial charge in [-0.3, -0.25) is 9.59 Å². The Kier molecular flexibility index (Phi) is 4.03. The van der Waals surface area contributed by atoms with Crippen molar-refractivity contribution >= 4 is 16.8 Å². The molecule has 1 N–H and O–H groups in total. The van der Waals surface area contributed by atoms with Crippen LogP contribution in [0, 0.1) is 6.92 Å². The molecule has 2 aromatic heterocycles. The second-order valence-electron chi connectivity index (χ2n) is 7.05. The first-order valence-electron chi connectivity index (χ1n) is 8.25. The number of hydrogen-bond acceptors (Lipinski definition) is 2. The van der Waals surface area contributed by atoms with Gasteiger partial charge in [-0.15, -0.1) is 0 Å². The second kappa shape index (κ2) is 5.92. The minimum absolute atomic E-state index is 0.163. The monoisotopic (exact) mass is 337 g/mol. The van der Waals surface area contributed by atoms with Gasteiger partial charge in [-0.1, -0.05) is 30.3 Å². The van der Waals surface area contributed by atoms with E-state index in [1.54, 1.807) is 19.4 Å². The minimum Gasteiger partial charge on any atom is -0.349 e. The maximum atomic E-state index is 13.0. The van der Waals surface area contributed by atoms with Crippen molar-refractivity contribution in [2.24, 2.45) is 14.1 Å². The Hall–Kier alpha value is -2.82. The van der Waals surface area contributed by atoms with Crippen LogP contribution in [-0.4, -0.2) is 15.0 Å². The average Bonchev–Trinajstić information content (AvgIpc) is 2.91. The Morgan fingerprint density at radius 3 is 2.32 bits per heavy atom. The fourth-order valence-corrected chi connectivity index (χ4v) is 3.36. The molecule has 3 aromatic rings. The zero-order chi connectivity index (χ0) is 18.4. The number of aromatic nitrogens is 2. The van der Waals surface area contributed by atoms with Gasteiger partial charge in [0.1, 0.15) is 0 Å². The van der Waals surface area contributed by atoms with Gasteiger partial charge in [0.05, 0.1) is 22.0 Å². The molecule has 5 heteroatoms. The van der Waals surface area contributed by atoms with E-state index in [-0.39, 0.29) is 11.5 Å². The lowest BCUT2D eigenvalue weighted by Gasteiger charge is -2.26. The van der Waals surface area contributed by atoms with E-state index in [0.717, 1.165) is 16.6 Å². The van der Waals surface area contributed by atoms with Crippen LogP contribution in [0.2, 0.25) is 0 Å². The predicted octanol–water partition coefficient (Wildman–Crippen LogP) is 2.85. The maximum Gasteiger partial charge on any atom is 0.260 e. The highest BCUT2D eigenvalue weighted by Gasteiger charge is 2.26. The lowest BCUT2D eigenvalue weighted by Crippen LogP contribution is -2.41. The molecule has 0 unspecified atom stereocenters. The average molecular weight is 337 g/mol. The van der Waals surface area contributed by atoms with Crippen LogP contribution in [0.5, 0.6) is 0 Å². The van der Waals surface area contributed by atoms with Crippen LogP contribution in [0.25, 0.3) is 10.9 Å². The van der Waals surface area contributed by atoms with E-state index in [2.05, 4.69) is 5.32 Å². The molecule has 130 valence electrons. The van der Waals surface area contributed by atoms with Crippen LogP contribution in [0.4, 0.5) is 0 Å². The molecule has 3 rings (SSSR count). The highest BCUT2D eigenvalue weighted by atomic mass is 16.2. The second-order valence-corrected chi connectivity index (χ2v) is 7.05. The van der Waals surface area contributed by atoms with E-state index < -0.39 is 5.54 Å². The molecular formula is C20H23N3O2. The fourth-order valence-electron chi connectivity index (χ4n) is 3.36. The van der Waals surface area contributed by atoms with Crippen molar-refractivity contribution in [3.05, 3.63) is 69.8 Å². The van der Waals surface area contributed by atoms with Crippen LogP contribution in [0.1, 0.15) is 35.3 Å². The van der Waals surface area contributed by atoms with Gasteiger partial charge in [-0.25, -0.2) is 0 Å². The fraction of sp³-hybridized carbons (Fsp3) is 0.300. The molecule has 2 heterocycles. The normalized spacial score (nSPS) is 11.7. The van der Waals surface area contributed by atoms with Gasteiger partial charge in [0.15, 0.2) is 0 Å². The third kappa shape index (κ3) is 2.86. The zero-order valence-corrected chi connectivity index (χ0v) is 15.3. The van der Waals surface area contributed by atoms with Gasteiger partial charge in [-0.05, 0) is 31.9 Å². The van der Waals surface area contributed by atoms with E-state index in [4.69, 9.17) is 0 Å². The molecule has 0 bridgehead atoms. The molecule has 0 aliphatic heterocycles. The highest BCUT2D eigenvalue weighted by molar-refractivity contribution is 6.07. The van der Waals surface area contributed by atoms with Crippen LogP contribution in [0.15, 0.2) is 47.5 Å². The van der Waals surface area contributed by atoms with Gasteiger partial charge in [0.25, 0.3) is 11.5 Å². The smallest absolute Gasteiger partial charge is 0.260 e. The number of nitrogens with one attached hydrogen (secondary N) is 1. The van der Waals surface area contributed by atoms with Crippen molar-refractivity contribution < 1.29 is 4.79 Å². The maximum absolute atomic E-state index is 13.0. The van der Waals surface area contributed by atoms with Gasteiger partial charge < -0.3 is 14.5 Å². The van der Waals surface area contributed by atoms with E-state index >= 15 is 0 Å². The molecule has 0 radical (unpaired) electrons. The Morgan fingerprint density at radius 2 is 1.68 bits per heavy atom. The lowest BCUT2D eigenvalue weighted by atomic mass is 9.94. The topological polar surface area (TPSA) is 56.0 Å². The van der Waals surface area contributed by atoms with Crippen LogP contribution >= 0.6 is 0 Å². The zero-order valence-electron chi connectivity index (χ0n) is 15.3. The molecule has 25 heavy (non-hydrogen) atoms. The van der Waals surface area contributed by atoms with Crippen molar-refractivity contribution in [2.75, 3.05) is 0 Å². The molecule has 0 saturated carbocycles. The summed E-state index contributed by atoms with van der Waals surface area (Å²) in [4.78, 5) is 25.6. The Bertz CT molecular complexity index is 1010. The van der Waals surface area contributed by atoms with Crippen molar-refractivity contribution in [3.63, 3.8) is 0 Å². The third-order valence-corrected chi connectivity index (χ3v) is 4.64. The highest BCUT2D eigenvalue weighted by Crippen LogP contribution is 2.24. The summed E-state index contributed by atoms with van der Waals surface area (Å²) in [5.74, 6) is -0.248. The Balaban J connectivity index is 2.08. The van der Waals surface area contributed by atoms with Gasteiger partial charge >= 0.3 is 0 Å². The number of pyridine rings is 1. The van der Waals surface area contributed by atoms with E-state index in [9.17, 15) is 9.59 Å². The molecule has 0 aliphatic rings. The van der Waals surface area contributed by atoms with Gasteiger partial charge in [0.2, 0.25) is 0 Å². The largest absolute Gasteiger partial charge is 0.349 e. The molecule has 5 nitrogen and oxygen atoms in total. The number of fused-ring (bicyclic) bond motifs is 1. The molecule has 1 amide bonds. The molecule has 0 atom stereocenters. The van der Waals surface area contributed by atoms with Crippen LogP contribution < -0.4 is 10.9 Å². The molecule has 0 fully saturated rings. The molecule has 0 saturated heterocycles. The summed E-state index contributed by atoms with van der Waals surface area (Å²) in [6.45, 7) is 5.85. The third-order valence-electron chi connectivity index (χ3n) is 4.64. The number of benzene rings is 1. The van der Waals surface area contributed by atoms with E-state index in [1.165, 1.54) is 4.57 Å². The van der Waals surface area contributed by atoms with Crippen molar-refractivity contribution in [3.8, 4) is 0 Å². The summed E-state index contributed by atoms with van der Waals surface area (Å²) in [5.41, 5.74) is 2.46. The summed E-state index contributed by atoms with van der Waals surface area (Å²) < 4.78 is 3.37. The van der Waals surface area contributed by atoms with Crippen LogP contribution in [0.3, 0.4) is 0 Å². The van der Waals surface area contributed by atoms with E-state index in [0.29, 0.717) is 10.9 Å². The van der Waals surface area contributed by atoms with E-state index in [1.807, 2.05) is 62.7 Å². The number of aryl methyl sites for hydroxylation is 3. The summed E-state index contributed by atoms with van der Waals surface area (Å²) in [6, 6.07) is 9.79. The Labute approximate surface area is 146 Å². The quantitative estimate of drug-likeness (QED) is 0.799. The Morgan fingerprint density at radius 1 is 1.04 bits per heavy atom. The summed E-state index contributed by atoms with van der Waals surface area (Å²) >= 11 is 0. The number of amides is 1. The number of carbonyl (C=O) groups excluding carboxylic acids is 1. The van der Waals surface area contributed by atoms with Gasteiger partial charge in [0, 0.05) is 26.5 Å². The van der Waals surface area contributed by atoms with Crippen molar-refractivity contribution in [1.82, 2.24) is 14.5 Å². The van der Waals surface area contributed by atoms with Crippen LogP contribution in [-0.2, 0) is 19.6 Å². The predicted molar refractivity (Wildman–Crippen MR) is 99.8 cm³/mol. The lowest BCUT2D eigenvalue weighted by molar-refractivity contribution is 0.0913. The summed E-state index contributed by atoms with van der Waals surface area (Å²) in [7, 11) is 3.56. The first-order chi connectivity index (χ1) is 11.7. The number of carbonyl (C=O) groups is 1. The number of hydrogen-bond donors (Lipinski definition) is 1. The van der Waals surface area contributed by atoms with Gasteiger partial charge in [-0.2, -0.15) is 0 Å². The summed E-state index contributed by atoms with van der Waals surface area (Å²) in [5, 5.41) is 3.52. The SMILES string of the molecule is Cc1cn(C)c(=O)c2c(C(=O)NC(C)(C)c3ccccc3)cn(C)c12. The molecule has 1 aromatic carbocycles. The first-order valence-corrected chi connectivity index (χ1v) is 8.25. The standard InChI is InChI=1S/C20H23N3O2/c1-13-11-23(5)19(25)16-15(12-22(4)17(13)16)18(24)21-20(2,3)14-9-7-6-8-10-14/h6-12H,1-5H3,(H,21,24). The number of rotatable bonds is 3. The van der Waals surface area contributed by atoms with Crippen molar-refractivity contribution in [1.29, 1.82) is 0 Å². The minimum atomic E-state index is -0.546. The molecule has 0 spiro atoms. The molecule has 0 aliphatic carbocycles. The van der Waals surface area contributed by atoms with Crippen molar-refractivity contribution in [2.45, 2.75) is 26.3 Å².